The number of nitrogens with one attached hydrogen (secondary N) is 1. The first kappa shape index (κ1) is 18.0. The van der Waals surface area contributed by atoms with Crippen molar-refractivity contribution in [2.24, 2.45) is 7.05 Å². The first-order valence-corrected chi connectivity index (χ1v) is 8.81. The van der Waals surface area contributed by atoms with Crippen LogP contribution in [0.5, 0.6) is 0 Å². The minimum Gasteiger partial charge on any atom is -0.361 e. The highest BCUT2D eigenvalue weighted by molar-refractivity contribution is 6.01. The van der Waals surface area contributed by atoms with Crippen molar-refractivity contribution < 1.29 is 4.79 Å². The summed E-state index contributed by atoms with van der Waals surface area (Å²) in [6.45, 7) is 3.55. The summed E-state index contributed by atoms with van der Waals surface area (Å²) in [6.07, 6.45) is 0.614. The summed E-state index contributed by atoms with van der Waals surface area (Å²) in [4.78, 5) is 17.2. The summed E-state index contributed by atoms with van der Waals surface area (Å²) < 4.78 is 1.88. The second-order valence-corrected chi connectivity index (χ2v) is 6.99. The molecule has 6 nitrogen and oxygen atoms in total. The number of nitriles is 1. The molecule has 1 aliphatic heterocycles. The number of fused-ring (bicyclic) bond motifs is 1. The number of amides is 1. The van der Waals surface area contributed by atoms with E-state index in [2.05, 4.69) is 16.3 Å². The molecule has 1 aromatic carbocycles. The maximum atomic E-state index is 13.1. The van der Waals surface area contributed by atoms with Crippen molar-refractivity contribution >= 4 is 11.6 Å². The average Bonchev–Trinajstić information content (AvgIpc) is 2.91. The van der Waals surface area contributed by atoms with Crippen LogP contribution in [-0.4, -0.2) is 47.5 Å². The molecule has 1 aliphatic rings. The van der Waals surface area contributed by atoms with Crippen LogP contribution in [0, 0.1) is 18.3 Å². The molecule has 1 aromatic heterocycles. The molecule has 3 rings (SSSR count). The van der Waals surface area contributed by atoms with Crippen LogP contribution in [-0.2, 0) is 7.05 Å². The van der Waals surface area contributed by atoms with E-state index in [4.69, 9.17) is 0 Å². The lowest BCUT2D eigenvalue weighted by atomic mass is 10.0. The molecule has 136 valence electrons. The number of benzene rings is 1. The van der Waals surface area contributed by atoms with Crippen molar-refractivity contribution in [3.8, 4) is 6.07 Å². The molecule has 1 N–H and O–H groups in total. The molecule has 2 aromatic rings. The molecule has 0 fully saturated rings. The molecule has 0 aliphatic carbocycles. The van der Waals surface area contributed by atoms with Crippen molar-refractivity contribution in [1.82, 2.24) is 14.4 Å². The molecule has 0 saturated heterocycles. The topological polar surface area (TPSA) is 64.3 Å². The Bertz CT molecular complexity index is 862. The van der Waals surface area contributed by atoms with Crippen LogP contribution >= 0.6 is 0 Å². The number of carbonyl (C=O) groups excluding carboxylic acids is 1. The monoisotopic (exact) mass is 351 g/mol. The van der Waals surface area contributed by atoms with Gasteiger partial charge >= 0.3 is 0 Å². The van der Waals surface area contributed by atoms with Gasteiger partial charge in [-0.15, -0.1) is 0 Å². The summed E-state index contributed by atoms with van der Waals surface area (Å²) in [6, 6.07) is 11.7. The largest absolute Gasteiger partial charge is 0.361 e. The lowest BCUT2D eigenvalue weighted by Crippen LogP contribution is -2.44. The number of para-hydroxylation sites is 1. The average molecular weight is 351 g/mol. The SMILES string of the molecule is Cc1c(C2Nc3ccccc3C(=O)N2CCCN(C)C)cc(C#N)n1C. The molecule has 6 heteroatoms. The van der Waals surface area contributed by atoms with E-state index in [1.165, 1.54) is 0 Å². The molecule has 0 spiro atoms. The fourth-order valence-electron chi connectivity index (χ4n) is 3.43. The van der Waals surface area contributed by atoms with Gasteiger partial charge in [0, 0.05) is 30.5 Å². The third-order valence-electron chi connectivity index (χ3n) is 5.01. The fourth-order valence-corrected chi connectivity index (χ4v) is 3.43. The normalized spacial score (nSPS) is 16.4. The van der Waals surface area contributed by atoms with Gasteiger partial charge in [-0.3, -0.25) is 4.79 Å². The predicted octanol–water partition coefficient (Wildman–Crippen LogP) is 2.72. The molecule has 0 bridgehead atoms. The highest BCUT2D eigenvalue weighted by atomic mass is 16.2. The molecule has 1 atom stereocenters. The Kier molecular flexibility index (Phi) is 5.01. The van der Waals surface area contributed by atoms with Crippen molar-refractivity contribution in [2.75, 3.05) is 32.5 Å². The Hall–Kier alpha value is -2.78. The number of hydrogen-bond donors (Lipinski definition) is 1. The number of rotatable bonds is 5. The first-order valence-electron chi connectivity index (χ1n) is 8.81. The maximum Gasteiger partial charge on any atom is 0.257 e. The molecule has 1 amide bonds. The highest BCUT2D eigenvalue weighted by Gasteiger charge is 2.34. The van der Waals surface area contributed by atoms with Gasteiger partial charge in [-0.05, 0) is 52.2 Å². The third kappa shape index (κ3) is 3.18. The van der Waals surface area contributed by atoms with E-state index in [1.54, 1.807) is 0 Å². The smallest absolute Gasteiger partial charge is 0.257 e. The highest BCUT2D eigenvalue weighted by Crippen LogP contribution is 2.35. The van der Waals surface area contributed by atoms with Gasteiger partial charge in [-0.1, -0.05) is 12.1 Å². The first-order chi connectivity index (χ1) is 12.4. The van der Waals surface area contributed by atoms with Crippen molar-refractivity contribution in [3.63, 3.8) is 0 Å². The van der Waals surface area contributed by atoms with Gasteiger partial charge in [0.2, 0.25) is 0 Å². The zero-order chi connectivity index (χ0) is 18.8. The minimum atomic E-state index is -0.270. The molecule has 0 radical (unpaired) electrons. The Morgan fingerprint density at radius 2 is 2.04 bits per heavy atom. The predicted molar refractivity (Wildman–Crippen MR) is 102 cm³/mol. The van der Waals surface area contributed by atoms with E-state index in [1.807, 2.05) is 67.9 Å². The lowest BCUT2D eigenvalue weighted by molar-refractivity contribution is 0.0676. The molecule has 0 saturated carbocycles. The van der Waals surface area contributed by atoms with E-state index in [9.17, 15) is 10.1 Å². The molecular weight excluding hydrogens is 326 g/mol. The van der Waals surface area contributed by atoms with Gasteiger partial charge < -0.3 is 19.7 Å². The van der Waals surface area contributed by atoms with E-state index in [0.29, 0.717) is 17.8 Å². The minimum absolute atomic E-state index is 0.0323. The summed E-state index contributed by atoms with van der Waals surface area (Å²) >= 11 is 0. The van der Waals surface area contributed by atoms with Crippen LogP contribution in [0.3, 0.4) is 0 Å². The standard InChI is InChI=1S/C20H25N5O/c1-14-17(12-15(13-21)24(14)4)19-22-18-9-6-5-8-16(18)20(26)25(19)11-7-10-23(2)3/h5-6,8-9,12,19,22H,7,10-11H2,1-4H3. The number of anilines is 1. The van der Waals surface area contributed by atoms with Crippen LogP contribution < -0.4 is 5.32 Å². The number of carbonyl (C=O) groups is 1. The van der Waals surface area contributed by atoms with Crippen LogP contribution in [0.4, 0.5) is 5.69 Å². The molecule has 1 unspecified atom stereocenters. The van der Waals surface area contributed by atoms with Crippen LogP contribution in [0.1, 0.15) is 39.9 Å². The van der Waals surface area contributed by atoms with Gasteiger partial charge in [0.15, 0.2) is 0 Å². The number of aromatic nitrogens is 1. The van der Waals surface area contributed by atoms with Crippen molar-refractivity contribution in [3.05, 3.63) is 52.8 Å². The van der Waals surface area contributed by atoms with E-state index in [0.717, 1.165) is 29.9 Å². The summed E-state index contributed by atoms with van der Waals surface area (Å²) in [5.74, 6) is 0.0323. The van der Waals surface area contributed by atoms with Crippen LogP contribution in [0.2, 0.25) is 0 Å². The zero-order valence-corrected chi connectivity index (χ0v) is 15.8. The van der Waals surface area contributed by atoms with Crippen LogP contribution in [0.15, 0.2) is 30.3 Å². The number of hydrogen-bond acceptors (Lipinski definition) is 4. The van der Waals surface area contributed by atoms with E-state index in [-0.39, 0.29) is 12.1 Å². The Morgan fingerprint density at radius 1 is 1.31 bits per heavy atom. The molecular formula is C20H25N5O. The van der Waals surface area contributed by atoms with Crippen LogP contribution in [0.25, 0.3) is 0 Å². The van der Waals surface area contributed by atoms with Crippen molar-refractivity contribution in [2.45, 2.75) is 19.5 Å². The van der Waals surface area contributed by atoms with Gasteiger partial charge in [0.05, 0.1) is 5.56 Å². The Morgan fingerprint density at radius 3 is 2.69 bits per heavy atom. The van der Waals surface area contributed by atoms with E-state index < -0.39 is 0 Å². The second kappa shape index (κ2) is 7.22. The third-order valence-corrected chi connectivity index (χ3v) is 5.01. The fraction of sp³-hybridized carbons (Fsp3) is 0.400. The van der Waals surface area contributed by atoms with Gasteiger partial charge in [-0.2, -0.15) is 5.26 Å². The Labute approximate surface area is 154 Å². The molecule has 2 heterocycles. The zero-order valence-electron chi connectivity index (χ0n) is 15.8. The Balaban J connectivity index is 2.00. The summed E-state index contributed by atoms with van der Waals surface area (Å²) in [5.41, 5.74) is 4.09. The summed E-state index contributed by atoms with van der Waals surface area (Å²) in [7, 11) is 5.94. The van der Waals surface area contributed by atoms with Gasteiger partial charge in [0.25, 0.3) is 5.91 Å². The molecule has 26 heavy (non-hydrogen) atoms. The summed E-state index contributed by atoms with van der Waals surface area (Å²) in [5, 5.41) is 12.9. The number of nitrogens with zero attached hydrogens (tertiary/aromatic N) is 4. The van der Waals surface area contributed by atoms with Gasteiger partial charge in [-0.25, -0.2) is 0 Å². The second-order valence-electron chi connectivity index (χ2n) is 6.99. The quantitative estimate of drug-likeness (QED) is 0.900. The van der Waals surface area contributed by atoms with Crippen molar-refractivity contribution in [1.29, 1.82) is 5.26 Å². The van der Waals surface area contributed by atoms with Gasteiger partial charge in [0.1, 0.15) is 17.9 Å². The lowest BCUT2D eigenvalue weighted by Gasteiger charge is -2.38. The van der Waals surface area contributed by atoms with E-state index >= 15 is 0 Å². The maximum absolute atomic E-state index is 13.1.